The van der Waals surface area contributed by atoms with Crippen LogP contribution in [0.4, 0.5) is 5.69 Å². The summed E-state index contributed by atoms with van der Waals surface area (Å²) in [6, 6.07) is 4.43. The van der Waals surface area contributed by atoms with Crippen molar-refractivity contribution in [1.29, 1.82) is 0 Å². The lowest BCUT2D eigenvalue weighted by molar-refractivity contribution is 0.404. The van der Waals surface area contributed by atoms with E-state index in [1.165, 1.54) is 0 Å². The molecule has 1 aromatic carbocycles. The van der Waals surface area contributed by atoms with Gasteiger partial charge >= 0.3 is 0 Å². The second kappa shape index (κ2) is 5.82. The predicted octanol–water partition coefficient (Wildman–Crippen LogP) is 1.48. The Balaban J connectivity index is 2.29. The zero-order valence-electron chi connectivity index (χ0n) is 12.4. The van der Waals surface area contributed by atoms with Gasteiger partial charge in [-0.05, 0) is 31.5 Å². The fraction of sp³-hybridized carbons (Fsp3) is 0.385. The topological polar surface area (TPSA) is 88.3 Å². The average Bonchev–Trinajstić information content (AvgIpc) is 2.92. The smallest absolute Gasteiger partial charge is 0.241 e. The fourth-order valence-electron chi connectivity index (χ4n) is 1.96. The van der Waals surface area contributed by atoms with Crippen LogP contribution >= 0.6 is 0 Å². The number of sulfonamides is 1. The molecule has 0 amide bonds. The van der Waals surface area contributed by atoms with Gasteiger partial charge in [0.25, 0.3) is 0 Å². The van der Waals surface area contributed by atoms with Crippen LogP contribution in [0.2, 0.25) is 0 Å². The van der Waals surface area contributed by atoms with Crippen molar-refractivity contribution in [3.05, 3.63) is 36.0 Å². The van der Waals surface area contributed by atoms with Crippen LogP contribution in [0.5, 0.6) is 0 Å². The molecular weight excluding hydrogens is 292 g/mol. The molecule has 0 radical (unpaired) electrons. The third kappa shape index (κ3) is 3.40. The summed E-state index contributed by atoms with van der Waals surface area (Å²) in [6.45, 7) is 3.59. The van der Waals surface area contributed by atoms with Gasteiger partial charge < -0.3 is 9.42 Å². The number of nitrogens with zero attached hydrogens (tertiary/aromatic N) is 3. The van der Waals surface area contributed by atoms with Gasteiger partial charge in [0.05, 0.1) is 10.9 Å². The van der Waals surface area contributed by atoms with Crippen LogP contribution in [-0.2, 0) is 10.0 Å². The van der Waals surface area contributed by atoms with Gasteiger partial charge in [-0.1, -0.05) is 11.2 Å². The van der Waals surface area contributed by atoms with Gasteiger partial charge in [0.15, 0.2) is 5.82 Å². The number of aryl methyl sites for hydroxylation is 1. The van der Waals surface area contributed by atoms with Crippen LogP contribution in [0.3, 0.4) is 0 Å². The van der Waals surface area contributed by atoms with Crippen LogP contribution < -0.4 is 9.62 Å². The minimum Gasteiger partial charge on any atom is -0.377 e. The zero-order chi connectivity index (χ0) is 15.6. The summed E-state index contributed by atoms with van der Waals surface area (Å²) in [6.07, 6.45) is 1.16. The van der Waals surface area contributed by atoms with Crippen molar-refractivity contribution in [1.82, 2.24) is 14.9 Å². The number of hydrogen-bond acceptors (Lipinski definition) is 6. The van der Waals surface area contributed by atoms with Crippen molar-refractivity contribution < 1.29 is 12.9 Å². The molecule has 1 aromatic heterocycles. The maximum atomic E-state index is 12.4. The third-order valence-electron chi connectivity index (χ3n) is 3.07. The Morgan fingerprint density at radius 1 is 1.33 bits per heavy atom. The van der Waals surface area contributed by atoms with Gasteiger partial charge in [0, 0.05) is 19.8 Å². The minimum absolute atomic E-state index is 0.201. The molecule has 2 rings (SSSR count). The Bertz CT molecular complexity index is 711. The highest BCUT2D eigenvalue weighted by molar-refractivity contribution is 7.89. The van der Waals surface area contributed by atoms with E-state index in [2.05, 4.69) is 19.4 Å². The summed E-state index contributed by atoms with van der Waals surface area (Å²) < 4.78 is 32.0. The zero-order valence-corrected chi connectivity index (χ0v) is 13.2. The summed E-state index contributed by atoms with van der Waals surface area (Å²) in [7, 11) is 0.0816. The Labute approximate surface area is 124 Å². The molecule has 0 bridgehead atoms. The summed E-state index contributed by atoms with van der Waals surface area (Å²) in [5.74, 6) is 0.290. The number of nitrogens with one attached hydrogen (secondary N) is 1. The van der Waals surface area contributed by atoms with Crippen LogP contribution in [-0.4, -0.2) is 32.7 Å². The average molecular weight is 310 g/mol. The lowest BCUT2D eigenvalue weighted by Gasteiger charge is -2.17. The maximum absolute atomic E-state index is 12.4. The first kappa shape index (κ1) is 15.5. The van der Waals surface area contributed by atoms with E-state index < -0.39 is 16.1 Å². The predicted molar refractivity (Wildman–Crippen MR) is 78.5 cm³/mol. The van der Waals surface area contributed by atoms with Gasteiger partial charge in [-0.15, -0.1) is 0 Å². The van der Waals surface area contributed by atoms with Gasteiger partial charge in [-0.25, -0.2) is 13.1 Å². The van der Waals surface area contributed by atoms with Crippen LogP contribution in [0.25, 0.3) is 0 Å². The molecule has 1 heterocycles. The number of anilines is 1. The van der Waals surface area contributed by atoms with E-state index in [9.17, 15) is 8.42 Å². The molecule has 0 unspecified atom stereocenters. The SMILES string of the molecule is Cc1ccc(S(=O)(=O)N[C@@H](C)c2ncon2)cc1N(C)C. The molecule has 0 saturated heterocycles. The standard InChI is InChI=1S/C13H18N4O3S/c1-9-5-6-11(7-12(9)17(3)4)21(18,19)16-10(2)13-14-8-20-15-13/h5-8,10,16H,1-4H3/t10-/m0/s1. The summed E-state index contributed by atoms with van der Waals surface area (Å²) in [5.41, 5.74) is 1.86. The van der Waals surface area contributed by atoms with E-state index in [1.807, 2.05) is 25.9 Å². The van der Waals surface area contributed by atoms with Crippen LogP contribution in [0, 0.1) is 6.92 Å². The molecular formula is C13H18N4O3S. The Hall–Kier alpha value is -1.93. The molecule has 7 nitrogen and oxygen atoms in total. The van der Waals surface area contributed by atoms with Crippen molar-refractivity contribution >= 4 is 15.7 Å². The Morgan fingerprint density at radius 3 is 2.62 bits per heavy atom. The molecule has 0 saturated carbocycles. The second-order valence-corrected chi connectivity index (χ2v) is 6.69. The van der Waals surface area contributed by atoms with E-state index in [0.717, 1.165) is 17.6 Å². The van der Waals surface area contributed by atoms with Crippen molar-refractivity contribution in [3.8, 4) is 0 Å². The highest BCUT2D eigenvalue weighted by Gasteiger charge is 2.21. The van der Waals surface area contributed by atoms with E-state index in [4.69, 9.17) is 0 Å². The maximum Gasteiger partial charge on any atom is 0.241 e. The number of hydrogen-bond donors (Lipinski definition) is 1. The highest BCUT2D eigenvalue weighted by Crippen LogP contribution is 2.23. The lowest BCUT2D eigenvalue weighted by atomic mass is 10.2. The second-order valence-electron chi connectivity index (χ2n) is 4.98. The van der Waals surface area contributed by atoms with Crippen molar-refractivity contribution in [2.75, 3.05) is 19.0 Å². The molecule has 21 heavy (non-hydrogen) atoms. The van der Waals surface area contributed by atoms with E-state index in [-0.39, 0.29) is 4.90 Å². The van der Waals surface area contributed by atoms with Crippen molar-refractivity contribution in [2.24, 2.45) is 0 Å². The van der Waals surface area contributed by atoms with E-state index in [1.54, 1.807) is 25.1 Å². The summed E-state index contributed by atoms with van der Waals surface area (Å²) in [5, 5.41) is 3.63. The summed E-state index contributed by atoms with van der Waals surface area (Å²) in [4.78, 5) is 5.91. The van der Waals surface area contributed by atoms with E-state index in [0.29, 0.717) is 5.82 Å². The van der Waals surface area contributed by atoms with Gasteiger partial charge in [-0.3, -0.25) is 0 Å². The van der Waals surface area contributed by atoms with Crippen LogP contribution in [0.1, 0.15) is 24.4 Å². The Kier molecular flexibility index (Phi) is 4.29. The first-order valence-electron chi connectivity index (χ1n) is 6.38. The van der Waals surface area contributed by atoms with Crippen LogP contribution in [0.15, 0.2) is 34.0 Å². The van der Waals surface area contributed by atoms with Gasteiger partial charge in [0.1, 0.15) is 0 Å². The normalized spacial score (nSPS) is 13.1. The molecule has 0 aliphatic heterocycles. The first-order chi connectivity index (χ1) is 9.81. The molecule has 1 atom stereocenters. The summed E-state index contributed by atoms with van der Waals surface area (Å²) >= 11 is 0. The highest BCUT2D eigenvalue weighted by atomic mass is 32.2. The third-order valence-corrected chi connectivity index (χ3v) is 4.61. The lowest BCUT2D eigenvalue weighted by Crippen LogP contribution is -2.27. The first-order valence-corrected chi connectivity index (χ1v) is 7.86. The molecule has 0 aliphatic carbocycles. The fourth-order valence-corrected chi connectivity index (χ4v) is 3.18. The molecule has 2 aromatic rings. The Morgan fingerprint density at radius 2 is 2.05 bits per heavy atom. The monoisotopic (exact) mass is 310 g/mol. The van der Waals surface area contributed by atoms with Gasteiger partial charge in [-0.2, -0.15) is 4.98 Å². The largest absolute Gasteiger partial charge is 0.377 e. The van der Waals surface area contributed by atoms with E-state index >= 15 is 0 Å². The molecule has 8 heteroatoms. The van der Waals surface area contributed by atoms with Gasteiger partial charge in [0.2, 0.25) is 16.4 Å². The van der Waals surface area contributed by atoms with Crippen molar-refractivity contribution in [2.45, 2.75) is 24.8 Å². The quantitative estimate of drug-likeness (QED) is 0.900. The number of aromatic nitrogens is 2. The molecule has 0 spiro atoms. The minimum atomic E-state index is -3.66. The number of benzene rings is 1. The molecule has 114 valence electrons. The number of rotatable bonds is 5. The molecule has 0 fully saturated rings. The van der Waals surface area contributed by atoms with Crippen molar-refractivity contribution in [3.63, 3.8) is 0 Å². The molecule has 1 N–H and O–H groups in total. The molecule has 0 aliphatic rings.